The van der Waals surface area contributed by atoms with E-state index in [9.17, 15) is 0 Å². The van der Waals surface area contributed by atoms with Gasteiger partial charge < -0.3 is 15.2 Å². The molecule has 2 fully saturated rings. The van der Waals surface area contributed by atoms with Crippen LogP contribution in [0.25, 0.3) is 0 Å². The van der Waals surface area contributed by atoms with Crippen molar-refractivity contribution in [2.45, 2.75) is 56.7 Å². The summed E-state index contributed by atoms with van der Waals surface area (Å²) in [5.41, 5.74) is 6.62. The third-order valence-electron chi connectivity index (χ3n) is 4.51. The first-order valence-corrected chi connectivity index (χ1v) is 7.91. The van der Waals surface area contributed by atoms with E-state index < -0.39 is 0 Å². The Balaban J connectivity index is 1.57. The van der Waals surface area contributed by atoms with E-state index in [-0.39, 0.29) is 11.7 Å². The molecule has 0 bridgehead atoms. The molecule has 110 valence electrons. The van der Waals surface area contributed by atoms with Crippen molar-refractivity contribution in [1.29, 1.82) is 0 Å². The van der Waals surface area contributed by atoms with Crippen molar-refractivity contribution in [2.75, 3.05) is 12.3 Å². The number of ether oxygens (including phenoxy) is 2. The van der Waals surface area contributed by atoms with Gasteiger partial charge in [-0.25, -0.2) is 0 Å². The zero-order valence-corrected chi connectivity index (χ0v) is 12.5. The van der Waals surface area contributed by atoms with E-state index in [0.29, 0.717) is 23.1 Å². The largest absolute Gasteiger partial charge is 0.487 e. The lowest BCUT2D eigenvalue weighted by Gasteiger charge is -2.33. The molecule has 1 aromatic rings. The normalized spacial score (nSPS) is 24.9. The number of para-hydroxylation sites is 1. The average Bonchev–Trinajstić information content (AvgIpc) is 2.82. The molecule has 1 aliphatic carbocycles. The van der Waals surface area contributed by atoms with E-state index in [1.165, 1.54) is 38.5 Å². The molecule has 1 atom stereocenters. The second kappa shape index (κ2) is 5.82. The van der Waals surface area contributed by atoms with Gasteiger partial charge in [0.1, 0.15) is 6.61 Å². The number of benzene rings is 1. The van der Waals surface area contributed by atoms with E-state index in [2.05, 4.69) is 0 Å². The van der Waals surface area contributed by atoms with Gasteiger partial charge in [0.2, 0.25) is 0 Å². The summed E-state index contributed by atoms with van der Waals surface area (Å²) >= 11 is 6.11. The van der Waals surface area contributed by atoms with Crippen LogP contribution in [0.4, 0.5) is 5.69 Å². The van der Waals surface area contributed by atoms with Crippen LogP contribution in [0.2, 0.25) is 5.02 Å². The van der Waals surface area contributed by atoms with Gasteiger partial charge in [0.05, 0.1) is 22.4 Å². The highest BCUT2D eigenvalue weighted by atomic mass is 35.5. The van der Waals surface area contributed by atoms with Crippen molar-refractivity contribution in [1.82, 2.24) is 0 Å². The van der Waals surface area contributed by atoms with Crippen LogP contribution in [0.5, 0.6) is 5.75 Å². The summed E-state index contributed by atoms with van der Waals surface area (Å²) in [6, 6.07) is 5.43. The second-order valence-electron chi connectivity index (χ2n) is 5.99. The van der Waals surface area contributed by atoms with Crippen LogP contribution in [-0.4, -0.2) is 18.3 Å². The van der Waals surface area contributed by atoms with E-state index in [0.717, 1.165) is 6.42 Å². The fraction of sp³-hybridized carbons (Fsp3) is 0.625. The lowest BCUT2D eigenvalue weighted by molar-refractivity contribution is -0.0747. The highest BCUT2D eigenvalue weighted by Gasteiger charge is 2.40. The lowest BCUT2D eigenvalue weighted by atomic mass is 9.83. The van der Waals surface area contributed by atoms with Gasteiger partial charge in [0, 0.05) is 0 Å². The Morgan fingerprint density at radius 2 is 2.05 bits per heavy atom. The van der Waals surface area contributed by atoms with Gasteiger partial charge in [-0.15, -0.1) is 0 Å². The van der Waals surface area contributed by atoms with Crippen LogP contribution in [0, 0.1) is 0 Å². The zero-order chi connectivity index (χ0) is 14.0. The molecule has 4 heteroatoms. The van der Waals surface area contributed by atoms with Crippen LogP contribution in [0.15, 0.2) is 18.2 Å². The van der Waals surface area contributed by atoms with Crippen LogP contribution >= 0.6 is 11.6 Å². The number of hydrogen-bond donors (Lipinski definition) is 1. The molecule has 1 saturated heterocycles. The molecule has 1 aromatic carbocycles. The quantitative estimate of drug-likeness (QED) is 0.851. The van der Waals surface area contributed by atoms with Gasteiger partial charge in [-0.2, -0.15) is 0 Å². The number of hydrogen-bond acceptors (Lipinski definition) is 3. The molecule has 20 heavy (non-hydrogen) atoms. The molecule has 1 saturated carbocycles. The Kier molecular flexibility index (Phi) is 4.08. The van der Waals surface area contributed by atoms with E-state index in [1.807, 2.05) is 6.07 Å². The third kappa shape index (κ3) is 2.89. The van der Waals surface area contributed by atoms with Crippen molar-refractivity contribution in [3.05, 3.63) is 23.2 Å². The average molecular weight is 296 g/mol. The minimum absolute atomic E-state index is 0.137. The Labute approximate surface area is 125 Å². The molecule has 2 aliphatic rings. The molecule has 1 spiro atoms. The molecule has 0 amide bonds. The number of anilines is 1. The molecular weight excluding hydrogens is 274 g/mol. The van der Waals surface area contributed by atoms with Crippen molar-refractivity contribution < 1.29 is 9.47 Å². The number of halogens is 1. The summed E-state index contributed by atoms with van der Waals surface area (Å²) in [5, 5.41) is 0.565. The van der Waals surface area contributed by atoms with Crippen molar-refractivity contribution >= 4 is 17.3 Å². The minimum atomic E-state index is 0.137. The molecular formula is C16H22ClNO2. The zero-order valence-electron chi connectivity index (χ0n) is 11.7. The first kappa shape index (κ1) is 14.0. The van der Waals surface area contributed by atoms with Crippen LogP contribution in [0.3, 0.4) is 0 Å². The maximum Gasteiger partial charge on any atom is 0.160 e. The third-order valence-corrected chi connectivity index (χ3v) is 4.81. The molecule has 0 radical (unpaired) electrons. The van der Waals surface area contributed by atoms with Gasteiger partial charge in [-0.05, 0) is 37.8 Å². The number of rotatable bonds is 3. The predicted octanol–water partition coefficient (Wildman–Crippen LogP) is 4.18. The SMILES string of the molecule is Nc1cccc(Cl)c1OCC1CCC2(CCCCC2)O1. The standard InChI is InChI=1S/C16H22ClNO2/c17-13-5-4-6-14(18)15(13)19-11-12-7-10-16(20-12)8-2-1-3-9-16/h4-6,12H,1-3,7-11,18H2. The monoisotopic (exact) mass is 295 g/mol. The number of nitrogens with two attached hydrogens (primary N) is 1. The summed E-state index contributed by atoms with van der Waals surface area (Å²) < 4.78 is 12.1. The van der Waals surface area contributed by atoms with Crippen molar-refractivity contribution in [3.8, 4) is 5.75 Å². The Hall–Kier alpha value is -0.930. The molecule has 3 rings (SSSR count). The van der Waals surface area contributed by atoms with Crippen LogP contribution in [0.1, 0.15) is 44.9 Å². The fourth-order valence-electron chi connectivity index (χ4n) is 3.43. The molecule has 1 unspecified atom stereocenters. The van der Waals surface area contributed by atoms with Gasteiger partial charge in [0.15, 0.2) is 5.75 Å². The summed E-state index contributed by atoms with van der Waals surface area (Å²) in [4.78, 5) is 0. The van der Waals surface area contributed by atoms with Gasteiger partial charge in [-0.3, -0.25) is 0 Å². The highest BCUT2D eigenvalue weighted by molar-refractivity contribution is 6.32. The van der Waals surface area contributed by atoms with Crippen molar-refractivity contribution in [2.24, 2.45) is 0 Å². The first-order valence-electron chi connectivity index (χ1n) is 7.53. The molecule has 0 aromatic heterocycles. The minimum Gasteiger partial charge on any atom is -0.487 e. The highest BCUT2D eigenvalue weighted by Crippen LogP contribution is 2.42. The molecule has 3 nitrogen and oxygen atoms in total. The second-order valence-corrected chi connectivity index (χ2v) is 6.40. The van der Waals surface area contributed by atoms with Crippen molar-refractivity contribution in [3.63, 3.8) is 0 Å². The summed E-state index contributed by atoms with van der Waals surface area (Å²) in [7, 11) is 0. The van der Waals surface area contributed by atoms with Gasteiger partial charge in [-0.1, -0.05) is 36.9 Å². The Morgan fingerprint density at radius 1 is 1.25 bits per heavy atom. The smallest absolute Gasteiger partial charge is 0.160 e. The maximum atomic E-state index is 6.28. The topological polar surface area (TPSA) is 44.5 Å². The summed E-state index contributed by atoms with van der Waals surface area (Å²) in [6.07, 6.45) is 8.76. The maximum absolute atomic E-state index is 6.28. The Morgan fingerprint density at radius 3 is 2.80 bits per heavy atom. The lowest BCUT2D eigenvalue weighted by Crippen LogP contribution is -2.32. The van der Waals surface area contributed by atoms with Gasteiger partial charge >= 0.3 is 0 Å². The summed E-state index contributed by atoms with van der Waals surface area (Å²) in [5.74, 6) is 0.586. The van der Waals surface area contributed by atoms with E-state index in [1.54, 1.807) is 12.1 Å². The van der Waals surface area contributed by atoms with Crippen LogP contribution in [-0.2, 0) is 4.74 Å². The molecule has 1 aliphatic heterocycles. The number of nitrogen functional groups attached to an aromatic ring is 1. The van der Waals surface area contributed by atoms with E-state index >= 15 is 0 Å². The van der Waals surface area contributed by atoms with Gasteiger partial charge in [0.25, 0.3) is 0 Å². The molecule has 1 heterocycles. The summed E-state index contributed by atoms with van der Waals surface area (Å²) in [6.45, 7) is 0.537. The van der Waals surface area contributed by atoms with E-state index in [4.69, 9.17) is 26.8 Å². The fourth-order valence-corrected chi connectivity index (χ4v) is 3.67. The van der Waals surface area contributed by atoms with Crippen LogP contribution < -0.4 is 10.5 Å². The molecule has 2 N–H and O–H groups in total. The first-order chi connectivity index (χ1) is 9.69. The predicted molar refractivity (Wildman–Crippen MR) is 81.3 cm³/mol. The Bertz CT molecular complexity index is 451.